The zero-order valence-corrected chi connectivity index (χ0v) is 15.4. The van der Waals surface area contributed by atoms with E-state index in [1.54, 1.807) is 12.1 Å². The standard InChI is InChI=1S/C17H20ClN3O3S/c18-14-8-4-3-7-13(14)17-19-15(20-24-17)11-25(23)12-16(22)21-9-5-1-2-6-10-21/h3-4,7-8H,1-2,5-6,9-12H2/t25-/m0/s1. The summed E-state index contributed by atoms with van der Waals surface area (Å²) in [5, 5.41) is 4.36. The highest BCUT2D eigenvalue weighted by molar-refractivity contribution is 7.84. The third-order valence-corrected chi connectivity index (χ3v) is 5.58. The van der Waals surface area contributed by atoms with E-state index in [0.29, 0.717) is 16.4 Å². The minimum atomic E-state index is -1.37. The molecule has 0 N–H and O–H groups in total. The summed E-state index contributed by atoms with van der Waals surface area (Å²) < 4.78 is 17.5. The molecule has 1 aromatic carbocycles. The minimum absolute atomic E-state index is 0.00400. The molecule has 8 heteroatoms. The van der Waals surface area contributed by atoms with E-state index in [1.807, 2.05) is 17.0 Å². The molecule has 1 aliphatic heterocycles. The molecule has 0 bridgehead atoms. The molecule has 1 saturated heterocycles. The number of carbonyl (C=O) groups is 1. The third kappa shape index (κ3) is 4.89. The van der Waals surface area contributed by atoms with Gasteiger partial charge in [-0.3, -0.25) is 9.00 Å². The molecule has 25 heavy (non-hydrogen) atoms. The van der Waals surface area contributed by atoms with Crippen molar-refractivity contribution in [3.05, 3.63) is 35.1 Å². The second-order valence-corrected chi connectivity index (χ2v) is 7.88. The fraction of sp³-hybridized carbons (Fsp3) is 0.471. The van der Waals surface area contributed by atoms with Gasteiger partial charge >= 0.3 is 0 Å². The van der Waals surface area contributed by atoms with Crippen molar-refractivity contribution in [2.24, 2.45) is 0 Å². The summed E-state index contributed by atoms with van der Waals surface area (Å²) in [6, 6.07) is 7.15. The lowest BCUT2D eigenvalue weighted by atomic mass is 10.2. The van der Waals surface area contributed by atoms with Crippen LogP contribution in [0, 0.1) is 0 Å². The topological polar surface area (TPSA) is 76.3 Å². The molecule has 0 spiro atoms. The van der Waals surface area contributed by atoms with E-state index < -0.39 is 10.8 Å². The first-order valence-electron chi connectivity index (χ1n) is 8.34. The first-order valence-corrected chi connectivity index (χ1v) is 10.2. The Morgan fingerprint density at radius 1 is 1.20 bits per heavy atom. The Kier molecular flexibility index (Phi) is 6.20. The van der Waals surface area contributed by atoms with Crippen LogP contribution in [0.2, 0.25) is 5.02 Å². The van der Waals surface area contributed by atoms with Crippen LogP contribution in [0.1, 0.15) is 31.5 Å². The van der Waals surface area contributed by atoms with Crippen molar-refractivity contribution in [1.29, 1.82) is 0 Å². The summed E-state index contributed by atoms with van der Waals surface area (Å²) in [6.07, 6.45) is 4.34. The molecule has 1 aliphatic rings. The number of likely N-dealkylation sites (tertiary alicyclic amines) is 1. The molecule has 1 amide bonds. The number of nitrogens with zero attached hydrogens (tertiary/aromatic N) is 3. The Hall–Kier alpha value is -1.73. The van der Waals surface area contributed by atoms with E-state index in [9.17, 15) is 9.00 Å². The quantitative estimate of drug-likeness (QED) is 0.795. The van der Waals surface area contributed by atoms with Crippen LogP contribution >= 0.6 is 11.6 Å². The summed E-state index contributed by atoms with van der Waals surface area (Å²) in [4.78, 5) is 18.3. The van der Waals surface area contributed by atoms with E-state index in [2.05, 4.69) is 10.1 Å². The van der Waals surface area contributed by atoms with E-state index in [-0.39, 0.29) is 23.3 Å². The summed E-state index contributed by atoms with van der Waals surface area (Å²) in [5.74, 6) is 0.632. The van der Waals surface area contributed by atoms with Crippen LogP contribution in [0.4, 0.5) is 0 Å². The second kappa shape index (κ2) is 8.58. The molecule has 0 aliphatic carbocycles. The summed E-state index contributed by atoms with van der Waals surface area (Å²) in [6.45, 7) is 1.52. The Morgan fingerprint density at radius 2 is 1.92 bits per heavy atom. The molecular formula is C17H20ClN3O3S. The second-order valence-electron chi connectivity index (χ2n) is 6.02. The monoisotopic (exact) mass is 381 g/mol. The van der Waals surface area contributed by atoms with Gasteiger partial charge in [0.2, 0.25) is 5.91 Å². The molecule has 3 rings (SSSR count). The molecule has 0 saturated carbocycles. The van der Waals surface area contributed by atoms with Gasteiger partial charge in [0, 0.05) is 23.9 Å². The van der Waals surface area contributed by atoms with Crippen molar-refractivity contribution < 1.29 is 13.5 Å². The van der Waals surface area contributed by atoms with E-state index >= 15 is 0 Å². The van der Waals surface area contributed by atoms with Gasteiger partial charge in [-0.2, -0.15) is 4.98 Å². The first kappa shape index (κ1) is 18.1. The molecule has 1 fully saturated rings. The highest BCUT2D eigenvalue weighted by Gasteiger charge is 2.20. The molecular weight excluding hydrogens is 362 g/mol. The van der Waals surface area contributed by atoms with Crippen molar-refractivity contribution in [1.82, 2.24) is 15.0 Å². The molecule has 1 atom stereocenters. The first-order chi connectivity index (χ1) is 12.1. The van der Waals surface area contributed by atoms with Gasteiger partial charge in [0.05, 0.1) is 16.3 Å². The summed E-state index contributed by atoms with van der Waals surface area (Å²) in [5.41, 5.74) is 0.634. The fourth-order valence-electron chi connectivity index (χ4n) is 2.80. The summed E-state index contributed by atoms with van der Waals surface area (Å²) >= 11 is 6.10. The van der Waals surface area contributed by atoms with Crippen molar-refractivity contribution in [3.63, 3.8) is 0 Å². The smallest absolute Gasteiger partial charge is 0.259 e. The zero-order valence-electron chi connectivity index (χ0n) is 13.8. The Labute approximate surface area is 154 Å². The molecule has 0 unspecified atom stereocenters. The van der Waals surface area contributed by atoms with E-state index in [1.165, 1.54) is 0 Å². The van der Waals surface area contributed by atoms with E-state index in [4.69, 9.17) is 16.1 Å². The predicted octanol–water partition coefficient (Wildman–Crippen LogP) is 3.04. The highest BCUT2D eigenvalue weighted by Crippen LogP contribution is 2.25. The summed E-state index contributed by atoms with van der Waals surface area (Å²) in [7, 11) is -1.37. The van der Waals surface area contributed by atoms with Gasteiger partial charge in [-0.15, -0.1) is 0 Å². The Balaban J connectivity index is 1.58. The van der Waals surface area contributed by atoms with Gasteiger partial charge in [-0.05, 0) is 25.0 Å². The maximum atomic E-state index is 12.3. The van der Waals surface area contributed by atoms with Crippen LogP contribution in [0.5, 0.6) is 0 Å². The lowest BCUT2D eigenvalue weighted by Crippen LogP contribution is -2.35. The average Bonchev–Trinajstić information content (AvgIpc) is 2.87. The number of rotatable bonds is 5. The predicted molar refractivity (Wildman–Crippen MR) is 96.5 cm³/mol. The van der Waals surface area contributed by atoms with Crippen LogP contribution in [0.25, 0.3) is 11.5 Å². The maximum absolute atomic E-state index is 12.3. The number of benzene rings is 1. The lowest BCUT2D eigenvalue weighted by molar-refractivity contribution is -0.128. The number of carbonyl (C=O) groups excluding carboxylic acids is 1. The van der Waals surface area contributed by atoms with Crippen molar-refractivity contribution in [2.45, 2.75) is 31.4 Å². The molecule has 2 heterocycles. The van der Waals surface area contributed by atoms with Gasteiger partial charge < -0.3 is 9.42 Å². The molecule has 1 aromatic heterocycles. The van der Waals surface area contributed by atoms with Gasteiger partial charge in [0.15, 0.2) is 5.82 Å². The van der Waals surface area contributed by atoms with Gasteiger partial charge in [0.25, 0.3) is 5.89 Å². The van der Waals surface area contributed by atoms with Crippen LogP contribution < -0.4 is 0 Å². The van der Waals surface area contributed by atoms with Crippen molar-refractivity contribution >= 4 is 28.3 Å². The van der Waals surface area contributed by atoms with Crippen LogP contribution in [-0.4, -0.2) is 44.0 Å². The van der Waals surface area contributed by atoms with Crippen molar-refractivity contribution in [3.8, 4) is 11.5 Å². The zero-order chi connectivity index (χ0) is 17.6. The highest BCUT2D eigenvalue weighted by atomic mass is 35.5. The third-order valence-electron chi connectivity index (χ3n) is 4.11. The van der Waals surface area contributed by atoms with Gasteiger partial charge in [-0.1, -0.05) is 41.7 Å². The van der Waals surface area contributed by atoms with Crippen LogP contribution in [0.3, 0.4) is 0 Å². The molecule has 134 valence electrons. The lowest BCUT2D eigenvalue weighted by Gasteiger charge is -2.19. The number of halogens is 1. The van der Waals surface area contributed by atoms with Crippen molar-refractivity contribution in [2.75, 3.05) is 18.8 Å². The van der Waals surface area contributed by atoms with Crippen LogP contribution in [-0.2, 0) is 21.3 Å². The minimum Gasteiger partial charge on any atom is -0.342 e. The largest absolute Gasteiger partial charge is 0.342 e. The van der Waals surface area contributed by atoms with E-state index in [0.717, 1.165) is 38.8 Å². The number of hydrogen-bond acceptors (Lipinski definition) is 5. The number of aromatic nitrogens is 2. The molecule has 0 radical (unpaired) electrons. The maximum Gasteiger partial charge on any atom is 0.259 e. The SMILES string of the molecule is O=C(C[S@@](=O)Cc1noc(-c2ccccc2Cl)n1)N1CCCCCC1. The fourth-order valence-corrected chi connectivity index (χ4v) is 3.98. The number of hydrogen-bond donors (Lipinski definition) is 0. The Morgan fingerprint density at radius 3 is 2.64 bits per heavy atom. The normalized spacial score (nSPS) is 16.4. The number of amides is 1. The van der Waals surface area contributed by atoms with Gasteiger partial charge in [0.1, 0.15) is 5.75 Å². The van der Waals surface area contributed by atoms with Crippen LogP contribution in [0.15, 0.2) is 28.8 Å². The molecule has 2 aromatic rings. The average molecular weight is 382 g/mol. The Bertz CT molecular complexity index is 757. The van der Waals surface area contributed by atoms with Gasteiger partial charge in [-0.25, -0.2) is 0 Å². The molecule has 6 nitrogen and oxygen atoms in total.